The topological polar surface area (TPSA) is 97.5 Å². The third-order valence-corrected chi connectivity index (χ3v) is 3.09. The van der Waals surface area contributed by atoms with Gasteiger partial charge in [0.25, 0.3) is 11.6 Å². The number of nitrogens with zero attached hydrogens (tertiary/aromatic N) is 3. The molecule has 1 aromatic heterocycles. The monoisotopic (exact) mass is 298 g/mol. The van der Waals surface area contributed by atoms with Gasteiger partial charge in [-0.15, -0.1) is 0 Å². The second-order valence-corrected chi connectivity index (χ2v) is 4.63. The summed E-state index contributed by atoms with van der Waals surface area (Å²) in [5.41, 5.74) is 4.49. The highest BCUT2D eigenvalue weighted by Crippen LogP contribution is 2.19. The van der Waals surface area contributed by atoms with Gasteiger partial charge in [0.2, 0.25) is 0 Å². The van der Waals surface area contributed by atoms with E-state index < -0.39 is 4.92 Å². The molecule has 7 nitrogen and oxygen atoms in total. The summed E-state index contributed by atoms with van der Waals surface area (Å²) in [5, 5.41) is 14.9. The highest BCUT2D eigenvalue weighted by Gasteiger charge is 2.12. The second kappa shape index (κ2) is 6.57. The summed E-state index contributed by atoms with van der Waals surface area (Å²) in [6, 6.07) is 7.94. The van der Waals surface area contributed by atoms with Crippen LogP contribution in [0, 0.1) is 17.0 Å². The van der Waals surface area contributed by atoms with Crippen LogP contribution in [-0.4, -0.2) is 21.5 Å². The van der Waals surface area contributed by atoms with Gasteiger partial charge in [-0.25, -0.2) is 5.43 Å². The number of carbonyl (C=O) groups is 1. The summed E-state index contributed by atoms with van der Waals surface area (Å²) in [6.45, 7) is 3.33. The molecule has 22 heavy (non-hydrogen) atoms. The molecule has 7 heteroatoms. The van der Waals surface area contributed by atoms with E-state index in [1.807, 2.05) is 0 Å². The van der Waals surface area contributed by atoms with Crippen LogP contribution >= 0.6 is 0 Å². The van der Waals surface area contributed by atoms with Crippen molar-refractivity contribution in [3.05, 3.63) is 69.5 Å². The third kappa shape index (κ3) is 3.51. The molecular formula is C15H14N4O3. The first-order chi connectivity index (χ1) is 10.5. The number of hydrogen-bond donors (Lipinski definition) is 1. The van der Waals surface area contributed by atoms with E-state index in [4.69, 9.17) is 0 Å². The number of nitro groups is 1. The predicted molar refractivity (Wildman–Crippen MR) is 81.7 cm³/mol. The van der Waals surface area contributed by atoms with Crippen LogP contribution in [0.4, 0.5) is 5.69 Å². The van der Waals surface area contributed by atoms with Crippen LogP contribution in [0.5, 0.6) is 0 Å². The Kier molecular flexibility index (Phi) is 4.57. The standard InChI is InChI=1S/C15H14N4O3/c1-10-3-4-13(9-14(10)19(21)22)11(2)17-18-15(20)12-5-7-16-8-6-12/h3-9H,1-2H3,(H,18,20)/b17-11-. The number of hydrazone groups is 1. The second-order valence-electron chi connectivity index (χ2n) is 4.63. The molecule has 0 radical (unpaired) electrons. The molecule has 1 N–H and O–H groups in total. The minimum atomic E-state index is -0.443. The minimum absolute atomic E-state index is 0.0208. The molecule has 0 unspecified atom stereocenters. The fourth-order valence-corrected chi connectivity index (χ4v) is 1.80. The molecule has 112 valence electrons. The van der Waals surface area contributed by atoms with E-state index in [0.717, 1.165) is 0 Å². The lowest BCUT2D eigenvalue weighted by molar-refractivity contribution is -0.385. The first kappa shape index (κ1) is 15.3. The largest absolute Gasteiger partial charge is 0.272 e. The molecule has 0 spiro atoms. The number of amides is 1. The van der Waals surface area contributed by atoms with Crippen LogP contribution in [0.15, 0.2) is 47.8 Å². The minimum Gasteiger partial charge on any atom is -0.267 e. The maximum Gasteiger partial charge on any atom is 0.272 e. The number of nitro benzene ring substituents is 1. The molecule has 0 saturated carbocycles. The lowest BCUT2D eigenvalue weighted by Gasteiger charge is -2.04. The molecule has 1 aromatic carbocycles. The van der Waals surface area contributed by atoms with Crippen LogP contribution in [0.1, 0.15) is 28.4 Å². The van der Waals surface area contributed by atoms with Gasteiger partial charge in [0, 0.05) is 35.2 Å². The maximum absolute atomic E-state index is 11.9. The highest BCUT2D eigenvalue weighted by molar-refractivity contribution is 6.01. The van der Waals surface area contributed by atoms with Gasteiger partial charge in [0.05, 0.1) is 10.6 Å². The Balaban J connectivity index is 2.18. The van der Waals surface area contributed by atoms with Crippen molar-refractivity contribution in [1.82, 2.24) is 10.4 Å². The van der Waals surface area contributed by atoms with Crippen molar-refractivity contribution in [1.29, 1.82) is 0 Å². The zero-order valence-electron chi connectivity index (χ0n) is 12.1. The van der Waals surface area contributed by atoms with Gasteiger partial charge in [-0.1, -0.05) is 12.1 Å². The number of aromatic nitrogens is 1. The molecule has 0 saturated heterocycles. The van der Waals surface area contributed by atoms with Crippen LogP contribution in [0.3, 0.4) is 0 Å². The van der Waals surface area contributed by atoms with Crippen LogP contribution < -0.4 is 5.43 Å². The van der Waals surface area contributed by atoms with E-state index in [9.17, 15) is 14.9 Å². The summed E-state index contributed by atoms with van der Waals surface area (Å²) in [5.74, 6) is -0.372. The Bertz CT molecular complexity index is 742. The lowest BCUT2D eigenvalue weighted by Crippen LogP contribution is -2.19. The van der Waals surface area contributed by atoms with Crippen LogP contribution in [0.25, 0.3) is 0 Å². The lowest BCUT2D eigenvalue weighted by atomic mass is 10.1. The maximum atomic E-state index is 11.9. The van der Waals surface area contributed by atoms with Crippen molar-refractivity contribution in [2.45, 2.75) is 13.8 Å². The normalized spacial score (nSPS) is 11.1. The molecule has 0 atom stereocenters. The van der Waals surface area contributed by atoms with Crippen LogP contribution in [-0.2, 0) is 0 Å². The fourth-order valence-electron chi connectivity index (χ4n) is 1.80. The molecule has 0 aliphatic carbocycles. The number of nitrogens with one attached hydrogen (secondary N) is 1. The van der Waals surface area contributed by atoms with Gasteiger partial charge >= 0.3 is 0 Å². The highest BCUT2D eigenvalue weighted by atomic mass is 16.6. The van der Waals surface area contributed by atoms with Gasteiger partial charge in [-0.3, -0.25) is 19.9 Å². The number of rotatable bonds is 4. The van der Waals surface area contributed by atoms with Gasteiger partial charge in [0.15, 0.2) is 0 Å². The van der Waals surface area contributed by atoms with E-state index in [0.29, 0.717) is 22.4 Å². The number of benzene rings is 1. The smallest absolute Gasteiger partial charge is 0.267 e. The van der Waals surface area contributed by atoms with Crippen LogP contribution in [0.2, 0.25) is 0 Å². The molecule has 1 heterocycles. The molecule has 0 aliphatic heterocycles. The fraction of sp³-hybridized carbons (Fsp3) is 0.133. The zero-order chi connectivity index (χ0) is 16.1. The number of aryl methyl sites for hydroxylation is 1. The zero-order valence-corrected chi connectivity index (χ0v) is 12.1. The Labute approximate surface area is 126 Å². The summed E-state index contributed by atoms with van der Waals surface area (Å²) in [6.07, 6.45) is 3.02. The summed E-state index contributed by atoms with van der Waals surface area (Å²) in [4.78, 5) is 26.2. The molecule has 1 amide bonds. The Morgan fingerprint density at radius 1 is 1.23 bits per heavy atom. The number of carbonyl (C=O) groups excluding carboxylic acids is 1. The first-order valence-corrected chi connectivity index (χ1v) is 6.49. The number of pyridine rings is 1. The number of hydrogen-bond acceptors (Lipinski definition) is 5. The van der Waals surface area contributed by atoms with E-state index in [-0.39, 0.29) is 11.6 Å². The molecule has 0 bridgehead atoms. The molecule has 0 aliphatic rings. The third-order valence-electron chi connectivity index (χ3n) is 3.09. The van der Waals surface area contributed by atoms with Crippen molar-refractivity contribution in [3.63, 3.8) is 0 Å². The molecule has 2 rings (SSSR count). The van der Waals surface area contributed by atoms with E-state index >= 15 is 0 Å². The molecule has 2 aromatic rings. The van der Waals surface area contributed by atoms with E-state index in [2.05, 4.69) is 15.5 Å². The van der Waals surface area contributed by atoms with Crippen molar-refractivity contribution in [2.75, 3.05) is 0 Å². The van der Waals surface area contributed by atoms with Crippen molar-refractivity contribution >= 4 is 17.3 Å². The molecular weight excluding hydrogens is 284 g/mol. The summed E-state index contributed by atoms with van der Waals surface area (Å²) >= 11 is 0. The van der Waals surface area contributed by atoms with E-state index in [1.54, 1.807) is 38.1 Å². The SMILES string of the molecule is C/C(=N/NC(=O)c1ccncc1)c1ccc(C)c([N+](=O)[O-])c1. The Hall–Kier alpha value is -3.09. The van der Waals surface area contributed by atoms with Gasteiger partial charge in [-0.2, -0.15) is 5.10 Å². The van der Waals surface area contributed by atoms with Crippen molar-refractivity contribution in [2.24, 2.45) is 5.10 Å². The predicted octanol–water partition coefficient (Wildman–Crippen LogP) is 2.45. The van der Waals surface area contributed by atoms with E-state index in [1.165, 1.54) is 18.5 Å². The van der Waals surface area contributed by atoms with Gasteiger partial charge < -0.3 is 0 Å². The summed E-state index contributed by atoms with van der Waals surface area (Å²) in [7, 11) is 0. The summed E-state index contributed by atoms with van der Waals surface area (Å²) < 4.78 is 0. The first-order valence-electron chi connectivity index (χ1n) is 6.49. The average Bonchev–Trinajstić information content (AvgIpc) is 2.53. The average molecular weight is 298 g/mol. The van der Waals surface area contributed by atoms with Crippen molar-refractivity contribution in [3.8, 4) is 0 Å². The van der Waals surface area contributed by atoms with Gasteiger partial charge in [-0.05, 0) is 26.0 Å². The quantitative estimate of drug-likeness (QED) is 0.532. The molecule has 0 fully saturated rings. The Morgan fingerprint density at radius 3 is 2.55 bits per heavy atom. The Morgan fingerprint density at radius 2 is 1.91 bits per heavy atom. The van der Waals surface area contributed by atoms with Crippen molar-refractivity contribution < 1.29 is 9.72 Å². The van der Waals surface area contributed by atoms with Gasteiger partial charge in [0.1, 0.15) is 0 Å².